The van der Waals surface area contributed by atoms with Gasteiger partial charge in [-0.25, -0.2) is 0 Å². The summed E-state index contributed by atoms with van der Waals surface area (Å²) in [5.41, 5.74) is -0.313. The summed E-state index contributed by atoms with van der Waals surface area (Å²) in [6.45, 7) is 21.4. The van der Waals surface area contributed by atoms with Crippen molar-refractivity contribution in [2.45, 2.75) is 171 Å². The molecule has 3 atom stereocenters. The van der Waals surface area contributed by atoms with E-state index in [1.54, 1.807) is 0 Å². The van der Waals surface area contributed by atoms with Crippen LogP contribution in [0, 0.1) is 28.6 Å². The van der Waals surface area contributed by atoms with Gasteiger partial charge in [0.1, 0.15) is 12.7 Å². The van der Waals surface area contributed by atoms with Crippen molar-refractivity contribution in [3.8, 4) is 0 Å². The second-order valence-electron chi connectivity index (χ2n) is 16.0. The summed E-state index contributed by atoms with van der Waals surface area (Å²) >= 11 is 0. The maximum absolute atomic E-state index is 13.0. The predicted octanol–water partition coefficient (Wildman–Crippen LogP) is 10.8. The number of esters is 2. The average molecular weight is 622 g/mol. The van der Waals surface area contributed by atoms with Crippen LogP contribution in [0.25, 0.3) is 0 Å². The molecule has 5 nitrogen and oxygen atoms in total. The zero-order chi connectivity index (χ0) is 33.6. The molecule has 0 bridgehead atoms. The minimum Gasteiger partial charge on any atom is -0.462 e. The second-order valence-corrected chi connectivity index (χ2v) is 16.0. The third-order valence-electron chi connectivity index (χ3n) is 8.99. The van der Waals surface area contributed by atoms with Crippen LogP contribution in [0.3, 0.4) is 0 Å². The first kappa shape index (κ1) is 42.6. The molecule has 0 aromatic carbocycles. The van der Waals surface area contributed by atoms with Gasteiger partial charge in [-0.2, -0.15) is 0 Å². The van der Waals surface area contributed by atoms with Gasteiger partial charge in [-0.1, -0.05) is 132 Å². The first-order valence-electron chi connectivity index (χ1n) is 18.3. The number of ether oxygens (including phenoxy) is 2. The number of unbranched alkanes of at least 4 members (excludes halogenated alkanes) is 4. The van der Waals surface area contributed by atoms with Gasteiger partial charge in [-0.15, -0.1) is 0 Å². The molecule has 3 unspecified atom stereocenters. The van der Waals surface area contributed by atoms with Crippen LogP contribution in [-0.2, 0) is 19.1 Å². The topological polar surface area (TPSA) is 55.8 Å². The van der Waals surface area contributed by atoms with E-state index >= 15 is 0 Å². The van der Waals surface area contributed by atoms with Crippen LogP contribution < -0.4 is 0 Å². The molecule has 0 saturated heterocycles. The predicted molar refractivity (Wildman–Crippen MR) is 189 cm³/mol. The lowest BCUT2D eigenvalue weighted by molar-refractivity contribution is -0.157. The molecule has 0 N–H and O–H groups in total. The fraction of sp³-hybridized carbons (Fsp3) is 0.897. The highest BCUT2D eigenvalue weighted by Crippen LogP contribution is 2.40. The average Bonchev–Trinajstić information content (AvgIpc) is 2.91. The highest BCUT2D eigenvalue weighted by molar-refractivity contribution is 5.69. The molecule has 0 heterocycles. The molecule has 0 aromatic heterocycles. The van der Waals surface area contributed by atoms with E-state index in [9.17, 15) is 9.59 Å². The molecule has 5 heteroatoms. The maximum Gasteiger partial charge on any atom is 0.306 e. The molecule has 44 heavy (non-hydrogen) atoms. The molecular formula is C39H75NO4. The van der Waals surface area contributed by atoms with Crippen molar-refractivity contribution in [2.24, 2.45) is 28.6 Å². The van der Waals surface area contributed by atoms with E-state index in [-0.39, 0.29) is 28.9 Å². The van der Waals surface area contributed by atoms with E-state index in [1.165, 1.54) is 57.8 Å². The Morgan fingerprint density at radius 2 is 1.34 bits per heavy atom. The molecule has 0 spiro atoms. The van der Waals surface area contributed by atoms with E-state index in [0.717, 1.165) is 44.6 Å². The zero-order valence-electron chi connectivity index (χ0n) is 31.3. The monoisotopic (exact) mass is 622 g/mol. The Balaban J connectivity index is 5.06. The van der Waals surface area contributed by atoms with Crippen LogP contribution in [0.4, 0.5) is 0 Å². The molecule has 0 saturated carbocycles. The quantitative estimate of drug-likeness (QED) is 0.0519. The molecule has 0 rings (SSSR count). The Labute approximate surface area is 274 Å². The van der Waals surface area contributed by atoms with E-state index in [4.69, 9.17) is 9.47 Å². The third kappa shape index (κ3) is 23.9. The van der Waals surface area contributed by atoms with E-state index in [2.05, 4.69) is 73.3 Å². The van der Waals surface area contributed by atoms with E-state index in [0.29, 0.717) is 31.3 Å². The summed E-state index contributed by atoms with van der Waals surface area (Å²) in [6.07, 6.45) is 21.5. The van der Waals surface area contributed by atoms with Crippen LogP contribution in [0.15, 0.2) is 12.2 Å². The van der Waals surface area contributed by atoms with Gasteiger partial charge < -0.3 is 14.4 Å². The number of carbonyl (C=O) groups excluding carboxylic acids is 2. The van der Waals surface area contributed by atoms with Gasteiger partial charge in [0.05, 0.1) is 0 Å². The Morgan fingerprint density at radius 3 is 1.95 bits per heavy atom. The Morgan fingerprint density at radius 1 is 0.727 bits per heavy atom. The molecule has 0 aliphatic carbocycles. The second kappa shape index (κ2) is 23.9. The van der Waals surface area contributed by atoms with Gasteiger partial charge in [-0.3, -0.25) is 9.59 Å². The van der Waals surface area contributed by atoms with Crippen molar-refractivity contribution < 1.29 is 19.1 Å². The molecule has 0 aliphatic rings. The van der Waals surface area contributed by atoms with Crippen LogP contribution in [0.1, 0.15) is 165 Å². The normalized spacial score (nSPS) is 14.8. The standard InChI is InChI=1S/C39H75NO4/c1-12-13-14-15-16-20-33(4)21-17-22-34(5)25-26-35(44-37(42)23-18-29-40(10)11)39(8,9)31-38(6,7)28-19-30-43-36(41)27-24-32(2)3/h19,28,32-35H,12-18,20-27,29-31H2,1-11H3. The maximum atomic E-state index is 13.0. The fourth-order valence-corrected chi connectivity index (χ4v) is 6.34. The highest BCUT2D eigenvalue weighted by atomic mass is 16.5. The molecular weight excluding hydrogens is 546 g/mol. The van der Waals surface area contributed by atoms with Crippen molar-refractivity contribution in [2.75, 3.05) is 27.2 Å². The fourth-order valence-electron chi connectivity index (χ4n) is 6.34. The zero-order valence-corrected chi connectivity index (χ0v) is 31.3. The number of hydrogen-bond acceptors (Lipinski definition) is 5. The van der Waals surface area contributed by atoms with Crippen molar-refractivity contribution in [1.82, 2.24) is 4.90 Å². The first-order valence-corrected chi connectivity index (χ1v) is 18.3. The largest absolute Gasteiger partial charge is 0.462 e. The van der Waals surface area contributed by atoms with Crippen LogP contribution in [0.2, 0.25) is 0 Å². The van der Waals surface area contributed by atoms with Gasteiger partial charge >= 0.3 is 11.9 Å². The number of allylic oxidation sites excluding steroid dienone is 1. The SMILES string of the molecule is CCCCCCCC(C)CCCC(C)CCC(OC(=O)CCCN(C)C)C(C)(C)CC(C)(C)C=CCOC(=O)CCC(C)C. The minimum atomic E-state index is -0.189. The van der Waals surface area contributed by atoms with Gasteiger partial charge in [0.15, 0.2) is 0 Å². The lowest BCUT2D eigenvalue weighted by atomic mass is 9.70. The Kier molecular flexibility index (Phi) is 23.2. The first-order chi connectivity index (χ1) is 20.6. The van der Waals surface area contributed by atoms with Crippen molar-refractivity contribution in [3.05, 3.63) is 12.2 Å². The summed E-state index contributed by atoms with van der Waals surface area (Å²) in [4.78, 5) is 27.1. The molecule has 0 fully saturated rings. The summed E-state index contributed by atoms with van der Waals surface area (Å²) in [5.74, 6) is 1.73. The Bertz CT molecular complexity index is 770. The summed E-state index contributed by atoms with van der Waals surface area (Å²) < 4.78 is 11.7. The number of nitrogens with zero attached hydrogens (tertiary/aromatic N) is 1. The molecule has 0 radical (unpaired) electrons. The molecule has 0 aliphatic heterocycles. The van der Waals surface area contributed by atoms with E-state index < -0.39 is 0 Å². The van der Waals surface area contributed by atoms with Crippen molar-refractivity contribution >= 4 is 11.9 Å². The van der Waals surface area contributed by atoms with Crippen LogP contribution in [-0.4, -0.2) is 50.2 Å². The highest BCUT2D eigenvalue weighted by Gasteiger charge is 2.37. The van der Waals surface area contributed by atoms with Gasteiger partial charge in [0.25, 0.3) is 0 Å². The smallest absolute Gasteiger partial charge is 0.306 e. The van der Waals surface area contributed by atoms with Crippen LogP contribution >= 0.6 is 0 Å². The molecule has 260 valence electrons. The number of carbonyl (C=O) groups is 2. The van der Waals surface area contributed by atoms with Gasteiger partial charge in [0.2, 0.25) is 0 Å². The van der Waals surface area contributed by atoms with Crippen molar-refractivity contribution in [3.63, 3.8) is 0 Å². The summed E-state index contributed by atoms with van der Waals surface area (Å²) in [6, 6.07) is 0. The van der Waals surface area contributed by atoms with E-state index in [1.807, 2.05) is 20.2 Å². The van der Waals surface area contributed by atoms with Gasteiger partial charge in [-0.05, 0) is 75.9 Å². The number of rotatable bonds is 27. The lowest BCUT2D eigenvalue weighted by Crippen LogP contribution is -2.37. The lowest BCUT2D eigenvalue weighted by Gasteiger charge is -2.39. The summed E-state index contributed by atoms with van der Waals surface area (Å²) in [7, 11) is 4.07. The molecule has 0 amide bonds. The minimum absolute atomic E-state index is 0.0769. The Hall–Kier alpha value is -1.36. The summed E-state index contributed by atoms with van der Waals surface area (Å²) in [5, 5.41) is 0. The molecule has 0 aromatic rings. The third-order valence-corrected chi connectivity index (χ3v) is 8.99. The number of hydrogen-bond donors (Lipinski definition) is 0. The van der Waals surface area contributed by atoms with Gasteiger partial charge in [0, 0.05) is 18.3 Å². The van der Waals surface area contributed by atoms with Crippen LogP contribution in [0.5, 0.6) is 0 Å². The van der Waals surface area contributed by atoms with Crippen molar-refractivity contribution in [1.29, 1.82) is 0 Å².